The fourth-order valence-electron chi connectivity index (χ4n) is 2.60. The molecule has 7 heteroatoms. The van der Waals surface area contributed by atoms with Crippen molar-refractivity contribution in [1.82, 2.24) is 4.90 Å². The van der Waals surface area contributed by atoms with E-state index in [-0.39, 0.29) is 5.91 Å². The van der Waals surface area contributed by atoms with Gasteiger partial charge in [-0.1, -0.05) is 65.9 Å². The Hall–Kier alpha value is -2.28. The lowest BCUT2D eigenvalue weighted by Gasteiger charge is -2.12. The van der Waals surface area contributed by atoms with Crippen molar-refractivity contribution in [3.05, 3.63) is 76.2 Å². The van der Waals surface area contributed by atoms with Crippen LogP contribution in [0.3, 0.4) is 0 Å². The second kappa shape index (κ2) is 9.28. The summed E-state index contributed by atoms with van der Waals surface area (Å²) >= 11 is 12.7. The number of carbonyl (C=O) groups excluding carboxylic acids is 1. The number of benzene rings is 2. The second-order valence-electron chi connectivity index (χ2n) is 5.87. The molecule has 0 bridgehead atoms. The van der Waals surface area contributed by atoms with Gasteiger partial charge in [0.25, 0.3) is 5.91 Å². The highest BCUT2D eigenvalue weighted by Gasteiger charge is 2.30. The molecule has 0 saturated carbocycles. The molecule has 0 spiro atoms. The first-order chi connectivity index (χ1) is 13.5. The van der Waals surface area contributed by atoms with Crippen LogP contribution in [0.4, 0.5) is 0 Å². The van der Waals surface area contributed by atoms with Gasteiger partial charge in [0.05, 0.1) is 12.0 Å². The van der Waals surface area contributed by atoms with Gasteiger partial charge in [-0.25, -0.2) is 0 Å². The number of nitrogens with zero attached hydrogens (tertiary/aromatic N) is 1. The van der Waals surface area contributed by atoms with Gasteiger partial charge in [-0.2, -0.15) is 0 Å². The van der Waals surface area contributed by atoms with Crippen LogP contribution in [0.2, 0.25) is 5.02 Å². The molecule has 2 aromatic carbocycles. The Labute approximate surface area is 178 Å². The number of thiocarbonyl (C=S) groups is 1. The third-order valence-electron chi connectivity index (χ3n) is 4.01. The van der Waals surface area contributed by atoms with E-state index in [9.17, 15) is 4.79 Å². The monoisotopic (exact) mass is 431 g/mol. The molecule has 0 atom stereocenters. The largest absolute Gasteiger partial charge is 0.493 e. The van der Waals surface area contributed by atoms with Crippen LogP contribution in [0.15, 0.2) is 60.0 Å². The van der Waals surface area contributed by atoms with Crippen molar-refractivity contribution in [2.75, 3.05) is 13.7 Å². The Bertz CT molecular complexity index is 958. The average molecular weight is 432 g/mol. The van der Waals surface area contributed by atoms with E-state index >= 15 is 0 Å². The lowest BCUT2D eigenvalue weighted by Crippen LogP contribution is -2.27. The summed E-state index contributed by atoms with van der Waals surface area (Å²) in [6.45, 7) is 4.39. The first-order valence-electron chi connectivity index (χ1n) is 8.44. The molecule has 1 amide bonds. The van der Waals surface area contributed by atoms with Gasteiger partial charge in [-0.05, 0) is 29.8 Å². The molecule has 1 fully saturated rings. The van der Waals surface area contributed by atoms with Crippen molar-refractivity contribution in [3.8, 4) is 11.5 Å². The Morgan fingerprint density at radius 3 is 2.75 bits per heavy atom. The first kappa shape index (κ1) is 20.5. The highest BCUT2D eigenvalue weighted by Crippen LogP contribution is 2.35. The predicted octanol–water partition coefficient (Wildman–Crippen LogP) is 5.31. The second-order valence-corrected chi connectivity index (χ2v) is 7.95. The molecule has 0 aromatic heterocycles. The van der Waals surface area contributed by atoms with Crippen LogP contribution in [0.25, 0.3) is 6.08 Å². The molecule has 1 aliphatic heterocycles. The van der Waals surface area contributed by atoms with Crippen LogP contribution in [-0.2, 0) is 11.4 Å². The van der Waals surface area contributed by atoms with Crippen LogP contribution < -0.4 is 9.47 Å². The first-order valence-corrected chi connectivity index (χ1v) is 10.0. The maximum Gasteiger partial charge on any atom is 0.266 e. The van der Waals surface area contributed by atoms with Crippen molar-refractivity contribution in [1.29, 1.82) is 0 Å². The van der Waals surface area contributed by atoms with Gasteiger partial charge in [-0.15, -0.1) is 6.58 Å². The van der Waals surface area contributed by atoms with E-state index in [4.69, 9.17) is 33.3 Å². The topological polar surface area (TPSA) is 38.8 Å². The summed E-state index contributed by atoms with van der Waals surface area (Å²) in [4.78, 5) is 14.5. The maximum atomic E-state index is 12.5. The Morgan fingerprint density at radius 2 is 2.04 bits per heavy atom. The van der Waals surface area contributed by atoms with Crippen molar-refractivity contribution < 1.29 is 14.3 Å². The van der Waals surface area contributed by atoms with Gasteiger partial charge in [-0.3, -0.25) is 9.69 Å². The van der Waals surface area contributed by atoms with Crippen molar-refractivity contribution in [2.45, 2.75) is 6.61 Å². The third-order valence-corrected chi connectivity index (χ3v) is 5.76. The minimum Gasteiger partial charge on any atom is -0.493 e. The number of thioether (sulfide) groups is 1. The van der Waals surface area contributed by atoms with E-state index in [1.54, 1.807) is 19.3 Å². The summed E-state index contributed by atoms with van der Waals surface area (Å²) in [5.41, 5.74) is 1.71. The van der Waals surface area contributed by atoms with E-state index in [0.29, 0.717) is 38.9 Å². The van der Waals surface area contributed by atoms with Crippen LogP contribution in [0.5, 0.6) is 11.5 Å². The smallest absolute Gasteiger partial charge is 0.266 e. The van der Waals surface area contributed by atoms with E-state index in [1.807, 2.05) is 42.5 Å². The van der Waals surface area contributed by atoms with E-state index < -0.39 is 0 Å². The van der Waals surface area contributed by atoms with Crippen LogP contribution in [0, 0.1) is 0 Å². The van der Waals surface area contributed by atoms with Crippen molar-refractivity contribution >= 4 is 51.9 Å². The summed E-state index contributed by atoms with van der Waals surface area (Å²) in [6.07, 6.45) is 3.45. The molecule has 1 heterocycles. The summed E-state index contributed by atoms with van der Waals surface area (Å²) in [7, 11) is 1.57. The summed E-state index contributed by atoms with van der Waals surface area (Å²) in [5, 5.41) is 0.652. The molecular weight excluding hydrogens is 414 g/mol. The molecule has 0 radical (unpaired) electrons. The fourth-order valence-corrected chi connectivity index (χ4v) is 4.07. The normalized spacial score (nSPS) is 15.2. The number of carbonyl (C=O) groups is 1. The summed E-state index contributed by atoms with van der Waals surface area (Å²) in [5.74, 6) is 1.05. The summed E-state index contributed by atoms with van der Waals surface area (Å²) < 4.78 is 11.8. The highest BCUT2D eigenvalue weighted by atomic mass is 35.5. The zero-order valence-corrected chi connectivity index (χ0v) is 17.6. The van der Waals surface area contributed by atoms with Crippen molar-refractivity contribution in [2.24, 2.45) is 0 Å². The molecule has 0 N–H and O–H groups in total. The van der Waals surface area contributed by atoms with Crippen LogP contribution in [0.1, 0.15) is 11.1 Å². The zero-order valence-electron chi connectivity index (χ0n) is 15.2. The third kappa shape index (κ3) is 4.58. The fraction of sp³-hybridized carbons (Fsp3) is 0.143. The van der Waals surface area contributed by atoms with Crippen LogP contribution >= 0.6 is 35.6 Å². The number of rotatable bonds is 7. The average Bonchev–Trinajstić information content (AvgIpc) is 2.95. The number of ether oxygens (including phenoxy) is 2. The van der Waals surface area contributed by atoms with Gasteiger partial charge in [0.15, 0.2) is 11.5 Å². The molecule has 1 aliphatic rings. The van der Waals surface area contributed by atoms with Crippen molar-refractivity contribution in [3.63, 3.8) is 0 Å². The summed E-state index contributed by atoms with van der Waals surface area (Å²) in [6, 6.07) is 13.0. The number of hydrogen-bond donors (Lipinski definition) is 0. The number of methoxy groups -OCH3 is 1. The highest BCUT2D eigenvalue weighted by molar-refractivity contribution is 8.26. The van der Waals surface area contributed by atoms with Crippen LogP contribution in [-0.4, -0.2) is 28.8 Å². The lowest BCUT2D eigenvalue weighted by atomic mass is 10.1. The standard InChI is InChI=1S/C21H18ClNO3S2/c1-3-10-23-20(24)19(28-21(23)27)12-14-8-9-17(18(11-14)25-2)26-13-15-6-4-5-7-16(15)22/h3-9,11-12H,1,10,13H2,2H3. The molecular formula is C21H18ClNO3S2. The molecule has 3 rings (SSSR count). The molecule has 4 nitrogen and oxygen atoms in total. The number of amides is 1. The molecule has 0 aliphatic carbocycles. The van der Waals surface area contributed by atoms with E-state index in [1.165, 1.54) is 16.7 Å². The maximum absolute atomic E-state index is 12.5. The Morgan fingerprint density at radius 1 is 1.25 bits per heavy atom. The quantitative estimate of drug-likeness (QED) is 0.337. The van der Waals surface area contributed by atoms with Gasteiger partial charge in [0.1, 0.15) is 10.9 Å². The Kier molecular flexibility index (Phi) is 6.78. The SMILES string of the molecule is C=CCN1C(=O)C(=Cc2ccc(OCc3ccccc3Cl)c(OC)c2)SC1=S. The number of halogens is 1. The lowest BCUT2D eigenvalue weighted by molar-refractivity contribution is -0.121. The van der Waals surface area contributed by atoms with E-state index in [0.717, 1.165) is 11.1 Å². The molecule has 28 heavy (non-hydrogen) atoms. The number of hydrogen-bond acceptors (Lipinski definition) is 5. The molecule has 1 saturated heterocycles. The minimum absolute atomic E-state index is 0.118. The van der Waals surface area contributed by atoms with Gasteiger partial charge in [0, 0.05) is 17.1 Å². The Balaban J connectivity index is 1.78. The minimum atomic E-state index is -0.118. The van der Waals surface area contributed by atoms with E-state index in [2.05, 4.69) is 6.58 Å². The molecule has 144 valence electrons. The van der Waals surface area contributed by atoms with Gasteiger partial charge < -0.3 is 9.47 Å². The molecule has 2 aromatic rings. The zero-order chi connectivity index (χ0) is 20.1. The molecule has 0 unspecified atom stereocenters. The van der Waals surface area contributed by atoms with Gasteiger partial charge >= 0.3 is 0 Å². The predicted molar refractivity (Wildman–Crippen MR) is 119 cm³/mol. The van der Waals surface area contributed by atoms with Gasteiger partial charge in [0.2, 0.25) is 0 Å².